The predicted octanol–water partition coefficient (Wildman–Crippen LogP) is 3.10. The number of thioether (sulfide) groups is 1. The van der Waals surface area contributed by atoms with Gasteiger partial charge in [-0.3, -0.25) is 9.52 Å². The zero-order valence-corrected chi connectivity index (χ0v) is 16.6. The zero-order chi connectivity index (χ0) is 18.4. The predicted molar refractivity (Wildman–Crippen MR) is 103 cm³/mol. The lowest BCUT2D eigenvalue weighted by atomic mass is 10.1. The fraction of sp³-hybridized carbons (Fsp3) is 0.400. The van der Waals surface area contributed by atoms with Crippen molar-refractivity contribution in [1.82, 2.24) is 10.2 Å². The summed E-state index contributed by atoms with van der Waals surface area (Å²) in [6.07, 6.45) is 2.08. The summed E-state index contributed by atoms with van der Waals surface area (Å²) in [5.74, 6) is -0.0471. The third-order valence-electron chi connectivity index (χ3n) is 3.05. The van der Waals surface area contributed by atoms with Crippen LogP contribution in [0.2, 0.25) is 0 Å². The Balaban J connectivity index is 1.98. The van der Waals surface area contributed by atoms with Crippen molar-refractivity contribution >= 4 is 49.7 Å². The Hall–Kier alpha value is -1.65. The molecule has 0 unspecified atom stereocenters. The number of Topliss-reactive ketones (excluding diaryl/α,β-unsaturated/α-hetero) is 1. The van der Waals surface area contributed by atoms with E-state index in [0.29, 0.717) is 11.3 Å². The van der Waals surface area contributed by atoms with Crippen molar-refractivity contribution in [3.63, 3.8) is 0 Å². The van der Waals surface area contributed by atoms with Gasteiger partial charge in [0.25, 0.3) is 0 Å². The molecule has 0 amide bonds. The van der Waals surface area contributed by atoms with Gasteiger partial charge in [0.05, 0.1) is 11.5 Å². The Morgan fingerprint density at radius 2 is 1.96 bits per heavy atom. The molecule has 1 aromatic heterocycles. The Bertz CT molecular complexity index is 819. The summed E-state index contributed by atoms with van der Waals surface area (Å²) in [6, 6.07) is 6.37. The molecule has 2 rings (SSSR count). The van der Waals surface area contributed by atoms with Crippen molar-refractivity contribution in [1.29, 1.82) is 0 Å². The smallest absolute Gasteiger partial charge is 0.229 e. The van der Waals surface area contributed by atoms with E-state index >= 15 is 0 Å². The molecule has 7 nitrogen and oxygen atoms in total. The number of hydrogen-bond acceptors (Lipinski definition) is 8. The van der Waals surface area contributed by atoms with Crippen molar-refractivity contribution in [2.24, 2.45) is 0 Å². The standard InChI is InChI=1S/C15H20N4O3S3/c1-4-9-16-14-17-18-15(24-14)23-10(2)13(20)11-5-7-12(8-6-11)19-25(3,21)22/h5-8,10,19H,4,9H2,1-3H3,(H,16,17)/t10-/m1/s1. The minimum Gasteiger partial charge on any atom is -0.360 e. The molecule has 0 aliphatic rings. The van der Waals surface area contributed by atoms with Crippen LogP contribution >= 0.6 is 23.1 Å². The Labute approximate surface area is 155 Å². The second-order valence-electron chi connectivity index (χ2n) is 5.38. The van der Waals surface area contributed by atoms with E-state index in [0.717, 1.165) is 28.7 Å². The highest BCUT2D eigenvalue weighted by Gasteiger charge is 2.19. The molecule has 0 radical (unpaired) electrons. The van der Waals surface area contributed by atoms with Crippen LogP contribution in [0.4, 0.5) is 10.8 Å². The number of carbonyl (C=O) groups is 1. The molecule has 0 saturated carbocycles. The number of hydrogen-bond donors (Lipinski definition) is 2. The highest BCUT2D eigenvalue weighted by molar-refractivity contribution is 8.02. The largest absolute Gasteiger partial charge is 0.360 e. The quantitative estimate of drug-likeness (QED) is 0.493. The summed E-state index contributed by atoms with van der Waals surface area (Å²) < 4.78 is 25.5. The van der Waals surface area contributed by atoms with Crippen LogP contribution in [0, 0.1) is 0 Å². The van der Waals surface area contributed by atoms with Gasteiger partial charge in [0.2, 0.25) is 15.2 Å². The van der Waals surface area contributed by atoms with Gasteiger partial charge in [-0.05, 0) is 37.6 Å². The third kappa shape index (κ3) is 6.29. The Morgan fingerprint density at radius 3 is 2.56 bits per heavy atom. The van der Waals surface area contributed by atoms with E-state index in [2.05, 4.69) is 27.2 Å². The van der Waals surface area contributed by atoms with Crippen LogP contribution in [0.3, 0.4) is 0 Å². The van der Waals surface area contributed by atoms with Crippen LogP contribution in [-0.4, -0.2) is 42.4 Å². The first-order valence-corrected chi connectivity index (χ1v) is 11.2. The van der Waals surface area contributed by atoms with Crippen LogP contribution in [0.5, 0.6) is 0 Å². The molecule has 2 aromatic rings. The molecule has 10 heteroatoms. The molecule has 0 aliphatic carbocycles. The summed E-state index contributed by atoms with van der Waals surface area (Å²) in [7, 11) is -3.33. The van der Waals surface area contributed by atoms with Gasteiger partial charge in [0.1, 0.15) is 0 Å². The SMILES string of the molecule is CCCNc1nnc(S[C@H](C)C(=O)c2ccc(NS(C)(=O)=O)cc2)s1. The minimum absolute atomic E-state index is 0.0471. The zero-order valence-electron chi connectivity index (χ0n) is 14.1. The van der Waals surface area contributed by atoms with Crippen LogP contribution in [0.1, 0.15) is 30.6 Å². The maximum absolute atomic E-state index is 12.5. The van der Waals surface area contributed by atoms with Gasteiger partial charge in [-0.25, -0.2) is 8.42 Å². The van der Waals surface area contributed by atoms with Crippen LogP contribution in [-0.2, 0) is 10.0 Å². The molecular weight excluding hydrogens is 380 g/mol. The number of aromatic nitrogens is 2. The summed E-state index contributed by atoms with van der Waals surface area (Å²) in [5, 5.41) is 11.7. The van der Waals surface area contributed by atoms with Crippen molar-refractivity contribution in [3.05, 3.63) is 29.8 Å². The van der Waals surface area contributed by atoms with Crippen molar-refractivity contribution in [2.75, 3.05) is 22.8 Å². The lowest BCUT2D eigenvalue weighted by Crippen LogP contribution is -2.14. The summed E-state index contributed by atoms with van der Waals surface area (Å²) in [5.41, 5.74) is 0.947. The van der Waals surface area contributed by atoms with Crippen LogP contribution in [0.15, 0.2) is 28.6 Å². The molecule has 0 fully saturated rings. The number of nitrogens with one attached hydrogen (secondary N) is 2. The fourth-order valence-electron chi connectivity index (χ4n) is 1.92. The van der Waals surface area contributed by atoms with Gasteiger partial charge in [-0.15, -0.1) is 10.2 Å². The second-order valence-corrected chi connectivity index (χ2v) is 9.69. The first kappa shape index (κ1) is 19.7. The van der Waals surface area contributed by atoms with Gasteiger partial charge < -0.3 is 5.32 Å². The Kier molecular flexibility index (Phi) is 6.79. The van der Waals surface area contributed by atoms with Crippen LogP contribution in [0.25, 0.3) is 0 Å². The van der Waals surface area contributed by atoms with Gasteiger partial charge in [-0.1, -0.05) is 30.0 Å². The van der Waals surface area contributed by atoms with Crippen LogP contribution < -0.4 is 10.0 Å². The second kappa shape index (κ2) is 8.63. The molecule has 1 aromatic carbocycles. The number of nitrogens with zero attached hydrogens (tertiary/aromatic N) is 2. The van der Waals surface area contributed by atoms with Gasteiger partial charge >= 0.3 is 0 Å². The summed E-state index contributed by atoms with van der Waals surface area (Å²) in [6.45, 7) is 4.72. The minimum atomic E-state index is -3.33. The van der Waals surface area contributed by atoms with Gasteiger partial charge in [0.15, 0.2) is 10.1 Å². The number of sulfonamides is 1. The number of anilines is 2. The molecule has 0 saturated heterocycles. The maximum atomic E-state index is 12.5. The normalized spacial score (nSPS) is 12.6. The highest BCUT2D eigenvalue weighted by Crippen LogP contribution is 2.30. The Morgan fingerprint density at radius 1 is 1.28 bits per heavy atom. The number of carbonyl (C=O) groups excluding carboxylic acids is 1. The summed E-state index contributed by atoms with van der Waals surface area (Å²) in [4.78, 5) is 12.5. The number of ketones is 1. The maximum Gasteiger partial charge on any atom is 0.229 e. The fourth-order valence-corrected chi connectivity index (χ4v) is 4.48. The topological polar surface area (TPSA) is 101 Å². The molecule has 2 N–H and O–H groups in total. The van der Waals surface area contributed by atoms with Crippen molar-refractivity contribution in [2.45, 2.75) is 29.9 Å². The molecule has 1 atom stereocenters. The van der Waals surface area contributed by atoms with E-state index < -0.39 is 10.0 Å². The molecule has 25 heavy (non-hydrogen) atoms. The van der Waals surface area contributed by atoms with E-state index in [1.807, 2.05) is 6.92 Å². The molecule has 0 spiro atoms. The molecular formula is C15H20N4O3S3. The monoisotopic (exact) mass is 400 g/mol. The molecule has 0 bridgehead atoms. The van der Waals surface area contributed by atoms with Gasteiger partial charge in [0, 0.05) is 17.8 Å². The lowest BCUT2D eigenvalue weighted by Gasteiger charge is -2.09. The van der Waals surface area contributed by atoms with E-state index in [-0.39, 0.29) is 11.0 Å². The highest BCUT2D eigenvalue weighted by atomic mass is 32.2. The van der Waals surface area contributed by atoms with Crippen molar-refractivity contribution < 1.29 is 13.2 Å². The van der Waals surface area contributed by atoms with Crippen molar-refractivity contribution in [3.8, 4) is 0 Å². The van der Waals surface area contributed by atoms with E-state index in [9.17, 15) is 13.2 Å². The molecule has 1 heterocycles. The van der Waals surface area contributed by atoms with E-state index in [4.69, 9.17) is 0 Å². The first-order valence-electron chi connectivity index (χ1n) is 7.64. The third-order valence-corrected chi connectivity index (χ3v) is 5.72. The number of benzene rings is 1. The first-order chi connectivity index (χ1) is 11.8. The summed E-state index contributed by atoms with van der Waals surface area (Å²) >= 11 is 2.78. The van der Waals surface area contributed by atoms with E-state index in [1.165, 1.54) is 23.1 Å². The number of rotatable bonds is 9. The average molecular weight is 401 g/mol. The molecule has 0 aliphatic heterocycles. The lowest BCUT2D eigenvalue weighted by molar-refractivity contribution is 0.0994. The average Bonchev–Trinajstić information content (AvgIpc) is 2.98. The van der Waals surface area contributed by atoms with Gasteiger partial charge in [-0.2, -0.15) is 0 Å². The van der Waals surface area contributed by atoms with E-state index in [1.54, 1.807) is 24.3 Å². The molecule has 136 valence electrons.